The highest BCUT2D eigenvalue weighted by atomic mass is 15.2. The molecule has 2 saturated carbocycles. The molecular formula is C15H22N2. The summed E-state index contributed by atoms with van der Waals surface area (Å²) in [7, 11) is 0. The van der Waals surface area contributed by atoms with Crippen LogP contribution in [-0.4, -0.2) is 17.1 Å². The Morgan fingerprint density at radius 3 is 1.76 bits per heavy atom. The fraction of sp³-hybridized carbons (Fsp3) is 0.667. The molecule has 0 amide bonds. The van der Waals surface area contributed by atoms with Gasteiger partial charge in [0.15, 0.2) is 0 Å². The van der Waals surface area contributed by atoms with Gasteiger partial charge in [0.2, 0.25) is 0 Å². The molecule has 2 fully saturated rings. The summed E-state index contributed by atoms with van der Waals surface area (Å²) in [6.45, 7) is 0. The maximum absolute atomic E-state index is 4.15. The van der Waals surface area contributed by atoms with Crippen LogP contribution in [0.15, 0.2) is 24.5 Å². The van der Waals surface area contributed by atoms with Crippen LogP contribution in [0.3, 0.4) is 0 Å². The van der Waals surface area contributed by atoms with E-state index in [-0.39, 0.29) is 0 Å². The average molecular weight is 230 g/mol. The van der Waals surface area contributed by atoms with E-state index in [0.29, 0.717) is 0 Å². The summed E-state index contributed by atoms with van der Waals surface area (Å²) in [6, 6.07) is 5.97. The van der Waals surface area contributed by atoms with Crippen LogP contribution in [0, 0.1) is 0 Å². The Bertz CT molecular complexity index is 321. The van der Waals surface area contributed by atoms with Crippen LogP contribution < -0.4 is 4.90 Å². The number of rotatable bonds is 3. The Kier molecular flexibility index (Phi) is 3.30. The molecule has 1 aromatic rings. The van der Waals surface area contributed by atoms with E-state index in [1.54, 1.807) is 0 Å². The standard InChI is InChI=1S/C15H22N2/c1-2-6-13(5-1)17(14-7-3-4-8-14)15-9-11-16-12-10-15/h9-14H,1-8H2. The molecule has 2 aliphatic rings. The van der Waals surface area contributed by atoms with Gasteiger partial charge in [0, 0.05) is 30.2 Å². The second kappa shape index (κ2) is 5.07. The van der Waals surface area contributed by atoms with E-state index >= 15 is 0 Å². The Labute approximate surface area is 104 Å². The summed E-state index contributed by atoms with van der Waals surface area (Å²) in [5, 5.41) is 0. The maximum atomic E-state index is 4.15. The first-order valence-electron chi connectivity index (χ1n) is 7.13. The van der Waals surface area contributed by atoms with Crippen molar-refractivity contribution in [2.45, 2.75) is 63.5 Å². The van der Waals surface area contributed by atoms with E-state index in [4.69, 9.17) is 0 Å². The number of hydrogen-bond acceptors (Lipinski definition) is 2. The lowest BCUT2D eigenvalue weighted by Gasteiger charge is -2.36. The number of pyridine rings is 1. The number of anilines is 1. The lowest BCUT2D eigenvalue weighted by Crippen LogP contribution is -2.40. The topological polar surface area (TPSA) is 16.1 Å². The quantitative estimate of drug-likeness (QED) is 0.785. The van der Waals surface area contributed by atoms with Crippen molar-refractivity contribution in [3.05, 3.63) is 24.5 Å². The van der Waals surface area contributed by atoms with Crippen LogP contribution in [0.5, 0.6) is 0 Å². The van der Waals surface area contributed by atoms with Crippen LogP contribution in [-0.2, 0) is 0 Å². The molecule has 0 N–H and O–H groups in total. The van der Waals surface area contributed by atoms with Gasteiger partial charge in [-0.1, -0.05) is 25.7 Å². The molecule has 0 atom stereocenters. The van der Waals surface area contributed by atoms with Gasteiger partial charge in [-0.05, 0) is 37.8 Å². The zero-order valence-corrected chi connectivity index (χ0v) is 10.5. The van der Waals surface area contributed by atoms with Gasteiger partial charge in [-0.2, -0.15) is 0 Å². The smallest absolute Gasteiger partial charge is 0.0402 e. The highest BCUT2D eigenvalue weighted by Gasteiger charge is 2.30. The first-order valence-corrected chi connectivity index (χ1v) is 7.13. The molecule has 2 heteroatoms. The van der Waals surface area contributed by atoms with Gasteiger partial charge in [-0.25, -0.2) is 0 Å². The Hall–Kier alpha value is -1.05. The van der Waals surface area contributed by atoms with E-state index in [2.05, 4.69) is 22.0 Å². The van der Waals surface area contributed by atoms with E-state index in [0.717, 1.165) is 12.1 Å². The molecule has 2 aliphatic carbocycles. The third kappa shape index (κ3) is 2.31. The minimum absolute atomic E-state index is 0.792. The molecule has 0 saturated heterocycles. The third-order valence-electron chi connectivity index (χ3n) is 4.40. The van der Waals surface area contributed by atoms with Gasteiger partial charge >= 0.3 is 0 Å². The predicted molar refractivity (Wildman–Crippen MR) is 71.2 cm³/mol. The third-order valence-corrected chi connectivity index (χ3v) is 4.40. The molecule has 2 nitrogen and oxygen atoms in total. The second-order valence-electron chi connectivity index (χ2n) is 5.49. The molecule has 0 bridgehead atoms. The minimum Gasteiger partial charge on any atom is -0.365 e. The second-order valence-corrected chi connectivity index (χ2v) is 5.49. The van der Waals surface area contributed by atoms with Crippen LogP contribution >= 0.6 is 0 Å². The average Bonchev–Trinajstić information content (AvgIpc) is 3.04. The van der Waals surface area contributed by atoms with Crippen LogP contribution in [0.25, 0.3) is 0 Å². The van der Waals surface area contributed by atoms with Crippen molar-refractivity contribution in [2.24, 2.45) is 0 Å². The highest BCUT2D eigenvalue weighted by molar-refractivity contribution is 5.47. The number of aromatic nitrogens is 1. The molecule has 0 aromatic carbocycles. The van der Waals surface area contributed by atoms with Crippen molar-refractivity contribution in [1.29, 1.82) is 0 Å². The fourth-order valence-electron chi connectivity index (χ4n) is 3.60. The number of hydrogen-bond donors (Lipinski definition) is 0. The van der Waals surface area contributed by atoms with E-state index in [9.17, 15) is 0 Å². The highest BCUT2D eigenvalue weighted by Crippen LogP contribution is 2.35. The summed E-state index contributed by atoms with van der Waals surface area (Å²) in [5.41, 5.74) is 1.40. The molecule has 3 rings (SSSR count). The van der Waals surface area contributed by atoms with Gasteiger partial charge in [-0.15, -0.1) is 0 Å². The molecule has 0 aliphatic heterocycles. The van der Waals surface area contributed by atoms with E-state index < -0.39 is 0 Å². The van der Waals surface area contributed by atoms with E-state index in [1.807, 2.05) is 12.4 Å². The first-order chi connectivity index (χ1) is 8.45. The molecule has 0 spiro atoms. The van der Waals surface area contributed by atoms with Crippen molar-refractivity contribution < 1.29 is 0 Å². The summed E-state index contributed by atoms with van der Waals surface area (Å²) >= 11 is 0. The van der Waals surface area contributed by atoms with Crippen LogP contribution in [0.4, 0.5) is 5.69 Å². The summed E-state index contributed by atoms with van der Waals surface area (Å²) in [4.78, 5) is 6.88. The van der Waals surface area contributed by atoms with Crippen LogP contribution in [0.1, 0.15) is 51.4 Å². The van der Waals surface area contributed by atoms with Crippen molar-refractivity contribution in [3.63, 3.8) is 0 Å². The molecule has 1 heterocycles. The number of nitrogens with zero attached hydrogens (tertiary/aromatic N) is 2. The Morgan fingerprint density at radius 1 is 0.824 bits per heavy atom. The zero-order valence-electron chi connectivity index (χ0n) is 10.5. The molecular weight excluding hydrogens is 208 g/mol. The summed E-state index contributed by atoms with van der Waals surface area (Å²) in [6.07, 6.45) is 15.1. The van der Waals surface area contributed by atoms with Gasteiger partial charge in [0.1, 0.15) is 0 Å². The Morgan fingerprint density at radius 2 is 1.29 bits per heavy atom. The zero-order chi connectivity index (χ0) is 11.5. The Balaban J connectivity index is 1.84. The minimum atomic E-state index is 0.792. The molecule has 92 valence electrons. The predicted octanol–water partition coefficient (Wildman–Crippen LogP) is 3.77. The van der Waals surface area contributed by atoms with Crippen molar-refractivity contribution in [1.82, 2.24) is 4.98 Å². The van der Waals surface area contributed by atoms with Crippen molar-refractivity contribution in [2.75, 3.05) is 4.90 Å². The van der Waals surface area contributed by atoms with Gasteiger partial charge < -0.3 is 4.90 Å². The molecule has 1 aromatic heterocycles. The first kappa shape index (κ1) is 11.1. The molecule has 0 radical (unpaired) electrons. The van der Waals surface area contributed by atoms with Crippen LogP contribution in [0.2, 0.25) is 0 Å². The van der Waals surface area contributed by atoms with Crippen molar-refractivity contribution in [3.8, 4) is 0 Å². The van der Waals surface area contributed by atoms with Gasteiger partial charge in [0.25, 0.3) is 0 Å². The van der Waals surface area contributed by atoms with Gasteiger partial charge in [-0.3, -0.25) is 4.98 Å². The normalized spacial score (nSPS) is 22.1. The molecule has 0 unspecified atom stereocenters. The SMILES string of the molecule is c1cc(N(C2CCCC2)C2CCCC2)ccn1. The summed E-state index contributed by atoms with van der Waals surface area (Å²) in [5.74, 6) is 0. The monoisotopic (exact) mass is 230 g/mol. The lowest BCUT2D eigenvalue weighted by molar-refractivity contribution is 0.513. The largest absolute Gasteiger partial charge is 0.365 e. The van der Waals surface area contributed by atoms with E-state index in [1.165, 1.54) is 57.1 Å². The lowest BCUT2D eigenvalue weighted by atomic mass is 10.1. The summed E-state index contributed by atoms with van der Waals surface area (Å²) < 4.78 is 0. The van der Waals surface area contributed by atoms with Crippen molar-refractivity contribution >= 4 is 5.69 Å². The molecule has 17 heavy (non-hydrogen) atoms. The fourth-order valence-corrected chi connectivity index (χ4v) is 3.60. The van der Waals surface area contributed by atoms with Gasteiger partial charge in [0.05, 0.1) is 0 Å². The maximum Gasteiger partial charge on any atom is 0.0402 e.